The van der Waals surface area contributed by atoms with Crippen LogP contribution in [-0.4, -0.2) is 32.2 Å². The first-order valence-electron chi connectivity index (χ1n) is 7.57. The Balaban J connectivity index is 2.14. The summed E-state index contributed by atoms with van der Waals surface area (Å²) < 4.78 is 21.2. The molecular weight excluding hydrogens is 324 g/mol. The van der Waals surface area contributed by atoms with E-state index in [4.69, 9.17) is 18.6 Å². The number of hydrogen-bond donors (Lipinski definition) is 1. The van der Waals surface area contributed by atoms with Crippen molar-refractivity contribution in [2.75, 3.05) is 21.3 Å². The second kappa shape index (κ2) is 6.39. The summed E-state index contributed by atoms with van der Waals surface area (Å²) in [5, 5.41) is 10.8. The second-order valence-corrected chi connectivity index (χ2v) is 5.46. The second-order valence-electron chi connectivity index (χ2n) is 5.46. The fraction of sp³-hybridized carbons (Fsp3) is 0.211. The van der Waals surface area contributed by atoms with E-state index in [9.17, 15) is 9.90 Å². The van der Waals surface area contributed by atoms with E-state index in [2.05, 4.69) is 0 Å². The molecule has 6 nitrogen and oxygen atoms in total. The minimum absolute atomic E-state index is 0.169. The summed E-state index contributed by atoms with van der Waals surface area (Å²) in [6.07, 6.45) is 0. The van der Waals surface area contributed by atoms with Crippen LogP contribution in [0.15, 0.2) is 34.7 Å². The molecular formula is C19H18O6. The van der Waals surface area contributed by atoms with Crippen LogP contribution in [0.5, 0.6) is 23.0 Å². The van der Waals surface area contributed by atoms with Crippen molar-refractivity contribution in [2.24, 2.45) is 0 Å². The van der Waals surface area contributed by atoms with Gasteiger partial charge < -0.3 is 23.7 Å². The molecule has 130 valence electrons. The first kappa shape index (κ1) is 16.7. The summed E-state index contributed by atoms with van der Waals surface area (Å²) in [7, 11) is 4.42. The Morgan fingerprint density at radius 1 is 1.04 bits per heavy atom. The van der Waals surface area contributed by atoms with Gasteiger partial charge in [0, 0.05) is 17.0 Å². The predicted octanol–water partition coefficient (Wildman–Crippen LogP) is 3.70. The maximum atomic E-state index is 13.0. The molecule has 0 saturated carbocycles. The van der Waals surface area contributed by atoms with Crippen LogP contribution in [0.4, 0.5) is 0 Å². The zero-order chi connectivity index (χ0) is 18.1. The molecule has 0 bridgehead atoms. The summed E-state index contributed by atoms with van der Waals surface area (Å²) in [6, 6.07) is 8.15. The van der Waals surface area contributed by atoms with E-state index >= 15 is 0 Å². The van der Waals surface area contributed by atoms with E-state index in [1.54, 1.807) is 32.2 Å². The molecule has 0 amide bonds. The lowest BCUT2D eigenvalue weighted by Gasteiger charge is -2.11. The van der Waals surface area contributed by atoms with Gasteiger partial charge in [-0.05, 0) is 31.2 Å². The highest BCUT2D eigenvalue weighted by Gasteiger charge is 2.23. The highest BCUT2D eigenvalue weighted by Crippen LogP contribution is 2.39. The number of phenolic OH excluding ortho intramolecular Hbond substituents is 1. The van der Waals surface area contributed by atoms with Gasteiger partial charge in [-0.3, -0.25) is 4.79 Å². The molecule has 3 aromatic rings. The molecule has 0 aliphatic carbocycles. The molecule has 3 rings (SSSR count). The Bertz CT molecular complexity index is 954. The lowest BCUT2D eigenvalue weighted by Crippen LogP contribution is -2.03. The van der Waals surface area contributed by atoms with Gasteiger partial charge in [-0.15, -0.1) is 0 Å². The quantitative estimate of drug-likeness (QED) is 0.712. The number of phenols is 1. The predicted molar refractivity (Wildman–Crippen MR) is 92.1 cm³/mol. The van der Waals surface area contributed by atoms with Crippen LogP contribution in [0, 0.1) is 6.92 Å². The van der Waals surface area contributed by atoms with E-state index in [0.717, 1.165) is 0 Å². The molecule has 1 heterocycles. The van der Waals surface area contributed by atoms with Crippen LogP contribution < -0.4 is 14.2 Å². The van der Waals surface area contributed by atoms with E-state index in [0.29, 0.717) is 28.0 Å². The summed E-state index contributed by atoms with van der Waals surface area (Å²) in [5.74, 6) is 1.14. The third-order valence-electron chi connectivity index (χ3n) is 4.02. The van der Waals surface area contributed by atoms with Crippen LogP contribution in [0.2, 0.25) is 0 Å². The molecule has 0 radical (unpaired) electrons. The average molecular weight is 342 g/mol. The van der Waals surface area contributed by atoms with Crippen LogP contribution in [0.25, 0.3) is 11.0 Å². The van der Waals surface area contributed by atoms with Crippen molar-refractivity contribution < 1.29 is 28.5 Å². The molecule has 2 aromatic carbocycles. The van der Waals surface area contributed by atoms with Gasteiger partial charge in [0.15, 0.2) is 17.3 Å². The summed E-state index contributed by atoms with van der Waals surface area (Å²) >= 11 is 0. The number of carbonyl (C=O) groups is 1. The van der Waals surface area contributed by atoms with E-state index in [-0.39, 0.29) is 28.6 Å². The first-order valence-corrected chi connectivity index (χ1v) is 7.57. The molecule has 0 atom stereocenters. The van der Waals surface area contributed by atoms with Crippen LogP contribution in [0.3, 0.4) is 0 Å². The van der Waals surface area contributed by atoms with Gasteiger partial charge in [0.25, 0.3) is 0 Å². The molecule has 25 heavy (non-hydrogen) atoms. The van der Waals surface area contributed by atoms with Crippen molar-refractivity contribution in [3.8, 4) is 23.0 Å². The van der Waals surface area contributed by atoms with Gasteiger partial charge in [0.1, 0.15) is 17.1 Å². The van der Waals surface area contributed by atoms with Gasteiger partial charge in [0.05, 0.1) is 26.9 Å². The fourth-order valence-corrected chi connectivity index (χ4v) is 2.83. The largest absolute Gasteiger partial charge is 0.504 e. The first-order chi connectivity index (χ1) is 12.0. The molecule has 0 aliphatic heterocycles. The van der Waals surface area contributed by atoms with Crippen molar-refractivity contribution in [1.82, 2.24) is 0 Å². The fourth-order valence-electron chi connectivity index (χ4n) is 2.83. The summed E-state index contributed by atoms with van der Waals surface area (Å²) in [4.78, 5) is 13.0. The van der Waals surface area contributed by atoms with E-state index in [1.807, 2.05) is 0 Å². The highest BCUT2D eigenvalue weighted by atomic mass is 16.5. The number of benzene rings is 2. The number of rotatable bonds is 5. The number of methoxy groups -OCH3 is 3. The van der Waals surface area contributed by atoms with Gasteiger partial charge in [-0.25, -0.2) is 0 Å². The molecule has 0 unspecified atom stereocenters. The highest BCUT2D eigenvalue weighted by molar-refractivity contribution is 6.17. The number of ether oxygens (including phenoxy) is 3. The van der Waals surface area contributed by atoms with E-state index in [1.165, 1.54) is 26.4 Å². The van der Waals surface area contributed by atoms with Gasteiger partial charge >= 0.3 is 0 Å². The van der Waals surface area contributed by atoms with E-state index < -0.39 is 0 Å². The number of fused-ring (bicyclic) bond motifs is 1. The standard InChI is InChI=1S/C19H18O6/c1-10-17(13-6-5-12(22-2)9-15(13)25-10)18(21)11-7-14(20)19(24-4)16(8-11)23-3/h5-9,20H,1-4H3. The smallest absolute Gasteiger partial charge is 0.203 e. The minimum Gasteiger partial charge on any atom is -0.504 e. The lowest BCUT2D eigenvalue weighted by molar-refractivity contribution is 0.103. The van der Waals surface area contributed by atoms with Gasteiger partial charge in [-0.2, -0.15) is 0 Å². The zero-order valence-electron chi connectivity index (χ0n) is 14.4. The molecule has 0 saturated heterocycles. The number of carbonyl (C=O) groups excluding carboxylic acids is 1. The lowest BCUT2D eigenvalue weighted by atomic mass is 9.99. The maximum absolute atomic E-state index is 13.0. The Morgan fingerprint density at radius 3 is 2.44 bits per heavy atom. The molecule has 0 fully saturated rings. The normalized spacial score (nSPS) is 10.7. The Kier molecular flexibility index (Phi) is 4.27. The number of aryl methyl sites for hydroxylation is 1. The number of furan rings is 1. The monoisotopic (exact) mass is 342 g/mol. The van der Waals surface area contributed by atoms with Gasteiger partial charge in [0.2, 0.25) is 5.75 Å². The van der Waals surface area contributed by atoms with Gasteiger partial charge in [-0.1, -0.05) is 0 Å². The SMILES string of the molecule is COc1ccc2c(C(=O)c3cc(O)c(OC)c(OC)c3)c(C)oc2c1. The Morgan fingerprint density at radius 2 is 1.80 bits per heavy atom. The van der Waals surface area contributed by atoms with Crippen LogP contribution in [0.1, 0.15) is 21.7 Å². The van der Waals surface area contributed by atoms with Crippen LogP contribution >= 0.6 is 0 Å². The summed E-state index contributed by atoms with van der Waals surface area (Å²) in [5.41, 5.74) is 1.27. The molecule has 6 heteroatoms. The topological polar surface area (TPSA) is 78.1 Å². The molecule has 0 aliphatic rings. The number of ketones is 1. The number of hydrogen-bond acceptors (Lipinski definition) is 6. The van der Waals surface area contributed by atoms with Crippen molar-refractivity contribution in [3.63, 3.8) is 0 Å². The summed E-state index contributed by atoms with van der Waals surface area (Å²) in [6.45, 7) is 1.72. The zero-order valence-corrected chi connectivity index (χ0v) is 14.4. The van der Waals surface area contributed by atoms with Crippen molar-refractivity contribution >= 4 is 16.8 Å². The van der Waals surface area contributed by atoms with Crippen molar-refractivity contribution in [2.45, 2.75) is 6.92 Å². The Hall–Kier alpha value is -3.15. The third-order valence-corrected chi connectivity index (χ3v) is 4.02. The van der Waals surface area contributed by atoms with Crippen LogP contribution in [-0.2, 0) is 0 Å². The third kappa shape index (κ3) is 2.76. The minimum atomic E-state index is -0.280. The van der Waals surface area contributed by atoms with Crippen molar-refractivity contribution in [1.29, 1.82) is 0 Å². The van der Waals surface area contributed by atoms with Crippen molar-refractivity contribution in [3.05, 3.63) is 47.2 Å². The molecule has 0 spiro atoms. The molecule has 1 aromatic heterocycles. The average Bonchev–Trinajstić information content (AvgIpc) is 2.94. The Labute approximate surface area is 144 Å². The number of aromatic hydroxyl groups is 1. The maximum Gasteiger partial charge on any atom is 0.203 e. The molecule has 1 N–H and O–H groups in total.